The third-order valence-electron chi connectivity index (χ3n) is 4.06. The summed E-state index contributed by atoms with van der Waals surface area (Å²) >= 11 is 0. The standard InChI is InChI=1S/C18H26N2O2.ClH/c1-10(2)8-14(9-19)20-18(21)17-13(5)15-11(3)6-7-12(4)16(15)22-17;/h6-7,10,14H,8-9,19H2,1-5H3,(H,20,21);1H. The first-order valence-corrected chi connectivity index (χ1v) is 7.85. The Kier molecular flexibility index (Phi) is 6.66. The van der Waals surface area contributed by atoms with Gasteiger partial charge in [0, 0.05) is 23.5 Å². The SMILES string of the molecule is Cc1ccc(C)c2c(C)c(C(=O)NC(CN)CC(C)C)oc12.Cl. The predicted molar refractivity (Wildman–Crippen MR) is 97.4 cm³/mol. The van der Waals surface area contributed by atoms with Gasteiger partial charge in [0.05, 0.1) is 0 Å². The highest BCUT2D eigenvalue weighted by molar-refractivity contribution is 6.00. The van der Waals surface area contributed by atoms with Crippen molar-refractivity contribution in [2.24, 2.45) is 11.7 Å². The van der Waals surface area contributed by atoms with Gasteiger partial charge in [-0.15, -0.1) is 12.4 Å². The summed E-state index contributed by atoms with van der Waals surface area (Å²) in [6.07, 6.45) is 0.861. The van der Waals surface area contributed by atoms with E-state index in [1.165, 1.54) is 0 Å². The van der Waals surface area contributed by atoms with Crippen LogP contribution in [-0.4, -0.2) is 18.5 Å². The van der Waals surface area contributed by atoms with Gasteiger partial charge in [-0.2, -0.15) is 0 Å². The summed E-state index contributed by atoms with van der Waals surface area (Å²) in [6, 6.07) is 4.05. The van der Waals surface area contributed by atoms with E-state index in [1.54, 1.807) is 0 Å². The maximum absolute atomic E-state index is 12.5. The molecule has 0 radical (unpaired) electrons. The van der Waals surface area contributed by atoms with Crippen molar-refractivity contribution in [3.8, 4) is 0 Å². The van der Waals surface area contributed by atoms with Crippen LogP contribution in [0.5, 0.6) is 0 Å². The average Bonchev–Trinajstić information content (AvgIpc) is 2.81. The largest absolute Gasteiger partial charge is 0.450 e. The summed E-state index contributed by atoms with van der Waals surface area (Å²) in [4.78, 5) is 12.5. The lowest BCUT2D eigenvalue weighted by Gasteiger charge is -2.18. The summed E-state index contributed by atoms with van der Waals surface area (Å²) in [5.41, 5.74) is 9.63. The van der Waals surface area contributed by atoms with Gasteiger partial charge in [0.15, 0.2) is 5.76 Å². The molecular formula is C18H27ClN2O2. The number of aryl methyl sites for hydroxylation is 3. The second kappa shape index (κ2) is 7.84. The van der Waals surface area contributed by atoms with Gasteiger partial charge in [-0.3, -0.25) is 4.79 Å². The Morgan fingerprint density at radius 2 is 1.83 bits per heavy atom. The van der Waals surface area contributed by atoms with E-state index in [0.717, 1.165) is 34.1 Å². The van der Waals surface area contributed by atoms with Crippen molar-refractivity contribution in [3.05, 3.63) is 34.6 Å². The number of amides is 1. The number of carbonyl (C=O) groups is 1. The highest BCUT2D eigenvalue weighted by atomic mass is 35.5. The van der Waals surface area contributed by atoms with Crippen LogP contribution in [0.15, 0.2) is 16.5 Å². The fourth-order valence-corrected chi connectivity index (χ4v) is 2.93. The van der Waals surface area contributed by atoms with Gasteiger partial charge >= 0.3 is 0 Å². The number of hydrogen-bond donors (Lipinski definition) is 2. The molecule has 0 aliphatic carbocycles. The molecule has 0 saturated carbocycles. The highest BCUT2D eigenvalue weighted by Crippen LogP contribution is 2.30. The Morgan fingerprint density at radius 1 is 1.22 bits per heavy atom. The first kappa shape index (κ1) is 19.5. The highest BCUT2D eigenvalue weighted by Gasteiger charge is 2.22. The van der Waals surface area contributed by atoms with Gasteiger partial charge in [0.25, 0.3) is 5.91 Å². The number of nitrogens with two attached hydrogens (primary N) is 1. The monoisotopic (exact) mass is 338 g/mol. The lowest BCUT2D eigenvalue weighted by atomic mass is 10.0. The minimum atomic E-state index is -0.177. The number of carbonyl (C=O) groups excluding carboxylic acids is 1. The van der Waals surface area contributed by atoms with E-state index < -0.39 is 0 Å². The van der Waals surface area contributed by atoms with E-state index in [1.807, 2.05) is 26.8 Å². The van der Waals surface area contributed by atoms with Crippen molar-refractivity contribution in [1.29, 1.82) is 0 Å². The zero-order chi connectivity index (χ0) is 16.4. The van der Waals surface area contributed by atoms with E-state index in [-0.39, 0.29) is 24.4 Å². The van der Waals surface area contributed by atoms with Gasteiger partial charge < -0.3 is 15.5 Å². The normalized spacial score (nSPS) is 12.3. The summed E-state index contributed by atoms with van der Waals surface area (Å²) in [5.74, 6) is 0.702. The van der Waals surface area contributed by atoms with Crippen LogP contribution in [0.3, 0.4) is 0 Å². The number of rotatable bonds is 5. The average molecular weight is 339 g/mol. The molecule has 0 bridgehead atoms. The Morgan fingerprint density at radius 3 is 2.35 bits per heavy atom. The topological polar surface area (TPSA) is 68.3 Å². The van der Waals surface area contributed by atoms with Crippen LogP contribution in [0.2, 0.25) is 0 Å². The molecule has 4 nitrogen and oxygen atoms in total. The van der Waals surface area contributed by atoms with E-state index in [2.05, 4.69) is 25.2 Å². The molecule has 0 aliphatic rings. The fraction of sp³-hybridized carbons (Fsp3) is 0.500. The molecule has 1 heterocycles. The number of halogens is 1. The van der Waals surface area contributed by atoms with Crippen LogP contribution < -0.4 is 11.1 Å². The lowest BCUT2D eigenvalue weighted by Crippen LogP contribution is -2.41. The lowest BCUT2D eigenvalue weighted by molar-refractivity contribution is 0.0907. The van der Waals surface area contributed by atoms with Gasteiger partial charge in [0.2, 0.25) is 0 Å². The van der Waals surface area contributed by atoms with E-state index in [9.17, 15) is 4.79 Å². The summed E-state index contributed by atoms with van der Waals surface area (Å²) < 4.78 is 5.87. The molecule has 128 valence electrons. The Labute approximate surface area is 144 Å². The maximum Gasteiger partial charge on any atom is 0.287 e. The summed E-state index contributed by atoms with van der Waals surface area (Å²) in [5, 5.41) is 4.04. The smallest absolute Gasteiger partial charge is 0.287 e. The first-order valence-electron chi connectivity index (χ1n) is 7.85. The molecule has 1 aromatic carbocycles. The molecule has 2 aromatic rings. The Balaban J connectivity index is 0.00000264. The third kappa shape index (κ3) is 4.06. The van der Waals surface area contributed by atoms with Gasteiger partial charge in [0.1, 0.15) is 5.58 Å². The van der Waals surface area contributed by atoms with Gasteiger partial charge in [-0.25, -0.2) is 0 Å². The number of fused-ring (bicyclic) bond motifs is 1. The molecule has 1 unspecified atom stereocenters. The van der Waals surface area contributed by atoms with Crippen molar-refractivity contribution < 1.29 is 9.21 Å². The predicted octanol–water partition coefficient (Wildman–Crippen LogP) is 3.88. The number of furan rings is 1. The molecular weight excluding hydrogens is 312 g/mol. The van der Waals surface area contributed by atoms with Crippen LogP contribution >= 0.6 is 12.4 Å². The van der Waals surface area contributed by atoms with Crippen LogP contribution in [0, 0.1) is 26.7 Å². The van der Waals surface area contributed by atoms with Crippen molar-refractivity contribution in [1.82, 2.24) is 5.32 Å². The van der Waals surface area contributed by atoms with E-state index in [4.69, 9.17) is 10.2 Å². The zero-order valence-corrected chi connectivity index (χ0v) is 15.3. The van der Waals surface area contributed by atoms with Crippen molar-refractivity contribution in [2.45, 2.75) is 47.1 Å². The molecule has 0 saturated heterocycles. The maximum atomic E-state index is 12.5. The molecule has 1 amide bonds. The first-order chi connectivity index (χ1) is 10.3. The summed E-state index contributed by atoms with van der Waals surface area (Å²) in [6.45, 7) is 10.6. The molecule has 1 atom stereocenters. The van der Waals surface area contributed by atoms with E-state index in [0.29, 0.717) is 18.2 Å². The number of hydrogen-bond acceptors (Lipinski definition) is 3. The third-order valence-corrected chi connectivity index (χ3v) is 4.06. The van der Waals surface area contributed by atoms with Crippen LogP contribution in [0.25, 0.3) is 11.0 Å². The van der Waals surface area contributed by atoms with Gasteiger partial charge in [-0.05, 0) is 44.2 Å². The van der Waals surface area contributed by atoms with Crippen molar-refractivity contribution >= 4 is 29.3 Å². The zero-order valence-electron chi connectivity index (χ0n) is 14.5. The Bertz CT molecular complexity index is 692. The molecule has 1 aromatic heterocycles. The van der Waals surface area contributed by atoms with Crippen molar-refractivity contribution in [2.75, 3.05) is 6.54 Å². The number of benzene rings is 1. The fourth-order valence-electron chi connectivity index (χ4n) is 2.93. The van der Waals surface area contributed by atoms with Crippen LogP contribution in [-0.2, 0) is 0 Å². The Hall–Kier alpha value is -1.52. The minimum absolute atomic E-state index is 0. The van der Waals surface area contributed by atoms with Crippen molar-refractivity contribution in [3.63, 3.8) is 0 Å². The van der Waals surface area contributed by atoms with E-state index >= 15 is 0 Å². The minimum Gasteiger partial charge on any atom is -0.450 e. The second-order valence-electron chi connectivity index (χ2n) is 6.50. The molecule has 2 rings (SSSR count). The second-order valence-corrected chi connectivity index (χ2v) is 6.50. The molecule has 0 fully saturated rings. The number of nitrogens with one attached hydrogen (secondary N) is 1. The molecule has 3 N–H and O–H groups in total. The van der Waals surface area contributed by atoms with Gasteiger partial charge in [-0.1, -0.05) is 26.0 Å². The van der Waals surface area contributed by atoms with Crippen LogP contribution in [0.1, 0.15) is 47.5 Å². The summed E-state index contributed by atoms with van der Waals surface area (Å²) in [7, 11) is 0. The van der Waals surface area contributed by atoms with Crippen LogP contribution in [0.4, 0.5) is 0 Å². The molecule has 0 aliphatic heterocycles. The molecule has 23 heavy (non-hydrogen) atoms. The molecule has 5 heteroatoms. The molecule has 0 spiro atoms. The quantitative estimate of drug-likeness (QED) is 0.869.